The van der Waals surface area contributed by atoms with Gasteiger partial charge in [0.15, 0.2) is 0 Å². The monoisotopic (exact) mass is 384 g/mol. The quantitative estimate of drug-likeness (QED) is 0.532. The number of nitriles is 1. The van der Waals surface area contributed by atoms with Crippen LogP contribution >= 0.6 is 46.4 Å². The third kappa shape index (κ3) is 4.63. The van der Waals surface area contributed by atoms with Gasteiger partial charge < -0.3 is 5.32 Å². The average molecular weight is 386 g/mol. The summed E-state index contributed by atoms with van der Waals surface area (Å²) in [4.78, 5) is 12.2. The Hall–Kier alpha value is -1.70. The lowest BCUT2D eigenvalue weighted by Gasteiger charge is -2.06. The minimum Gasteiger partial charge on any atom is -0.321 e. The van der Waals surface area contributed by atoms with E-state index in [9.17, 15) is 10.1 Å². The highest BCUT2D eigenvalue weighted by atomic mass is 35.5. The molecule has 0 saturated carbocycles. The number of hydrogen-bond acceptors (Lipinski definition) is 2. The fourth-order valence-corrected chi connectivity index (χ4v) is 2.80. The van der Waals surface area contributed by atoms with Gasteiger partial charge in [0.25, 0.3) is 5.91 Å². The summed E-state index contributed by atoms with van der Waals surface area (Å²) in [6, 6.07) is 11.3. The average Bonchev–Trinajstić information content (AvgIpc) is 2.45. The molecular weight excluding hydrogens is 378 g/mol. The number of benzene rings is 2. The number of halogens is 4. The summed E-state index contributed by atoms with van der Waals surface area (Å²) in [5.41, 5.74) is 0.613. The van der Waals surface area contributed by atoms with E-state index >= 15 is 0 Å². The molecule has 0 aliphatic carbocycles. The van der Waals surface area contributed by atoms with Crippen molar-refractivity contribution in [1.29, 1.82) is 5.26 Å². The molecular formula is C16H8Cl4N2O. The van der Waals surface area contributed by atoms with Gasteiger partial charge in [-0.2, -0.15) is 5.26 Å². The number of nitrogens with zero attached hydrogens (tertiary/aromatic N) is 1. The van der Waals surface area contributed by atoms with Gasteiger partial charge in [0.05, 0.1) is 0 Å². The fraction of sp³-hybridized carbons (Fsp3) is 0. The van der Waals surface area contributed by atoms with E-state index in [1.54, 1.807) is 18.2 Å². The van der Waals surface area contributed by atoms with Gasteiger partial charge in [-0.25, -0.2) is 0 Å². The highest BCUT2D eigenvalue weighted by molar-refractivity contribution is 6.37. The zero-order chi connectivity index (χ0) is 17.0. The van der Waals surface area contributed by atoms with Crippen molar-refractivity contribution < 1.29 is 4.79 Å². The summed E-state index contributed by atoms with van der Waals surface area (Å²) in [6.07, 6.45) is 1.33. The predicted octanol–water partition coefficient (Wildman–Crippen LogP) is 5.85. The van der Waals surface area contributed by atoms with Gasteiger partial charge in [-0.3, -0.25) is 4.79 Å². The van der Waals surface area contributed by atoms with Gasteiger partial charge in [-0.1, -0.05) is 52.5 Å². The summed E-state index contributed by atoms with van der Waals surface area (Å²) in [5, 5.41) is 13.2. The third-order valence-corrected chi connectivity index (χ3v) is 3.87. The molecule has 2 rings (SSSR count). The molecule has 2 aromatic carbocycles. The largest absolute Gasteiger partial charge is 0.321 e. The highest BCUT2D eigenvalue weighted by Crippen LogP contribution is 2.27. The van der Waals surface area contributed by atoms with Crippen molar-refractivity contribution in [3.05, 3.63) is 67.6 Å². The number of hydrogen-bond donors (Lipinski definition) is 1. The van der Waals surface area contributed by atoms with E-state index in [4.69, 9.17) is 46.4 Å². The highest BCUT2D eigenvalue weighted by Gasteiger charge is 2.12. The van der Waals surface area contributed by atoms with Crippen LogP contribution in [-0.4, -0.2) is 5.91 Å². The molecule has 116 valence electrons. The van der Waals surface area contributed by atoms with E-state index in [1.165, 1.54) is 24.3 Å². The van der Waals surface area contributed by atoms with E-state index in [0.29, 0.717) is 31.3 Å². The molecule has 0 atom stereocenters. The lowest BCUT2D eigenvalue weighted by atomic mass is 10.1. The smallest absolute Gasteiger partial charge is 0.266 e. The summed E-state index contributed by atoms with van der Waals surface area (Å²) in [6.45, 7) is 0. The van der Waals surface area contributed by atoms with E-state index in [0.717, 1.165) is 0 Å². The second-order valence-corrected chi connectivity index (χ2v) is 6.10. The molecule has 0 bridgehead atoms. The second kappa shape index (κ2) is 7.72. The van der Waals surface area contributed by atoms with Crippen molar-refractivity contribution >= 4 is 64.1 Å². The Bertz CT molecular complexity index is 800. The van der Waals surface area contributed by atoms with Crippen LogP contribution in [0.15, 0.2) is 42.0 Å². The van der Waals surface area contributed by atoms with Crippen LogP contribution in [0.25, 0.3) is 6.08 Å². The second-order valence-electron chi connectivity index (χ2n) is 4.42. The third-order valence-electron chi connectivity index (χ3n) is 2.77. The number of anilines is 1. The molecule has 0 fully saturated rings. The standard InChI is InChI=1S/C16H8Cl4N2O/c17-10-5-11(18)7-12(6-10)22-16(23)9(8-21)4-13-14(19)2-1-3-15(13)20/h1-7H,(H,22,23). The van der Waals surface area contributed by atoms with E-state index in [1.807, 2.05) is 6.07 Å². The topological polar surface area (TPSA) is 52.9 Å². The Labute approximate surface area is 153 Å². The molecule has 0 unspecified atom stereocenters. The Morgan fingerprint density at radius 3 is 2.13 bits per heavy atom. The van der Waals surface area contributed by atoms with E-state index < -0.39 is 5.91 Å². The molecule has 1 N–H and O–H groups in total. The number of carbonyl (C=O) groups is 1. The molecule has 0 spiro atoms. The SMILES string of the molecule is N#CC(=Cc1c(Cl)cccc1Cl)C(=O)Nc1cc(Cl)cc(Cl)c1. The van der Waals surface area contributed by atoms with Gasteiger partial charge in [0.2, 0.25) is 0 Å². The summed E-state index contributed by atoms with van der Waals surface area (Å²) < 4.78 is 0. The Morgan fingerprint density at radius 1 is 1.04 bits per heavy atom. The summed E-state index contributed by atoms with van der Waals surface area (Å²) in [5.74, 6) is -0.623. The summed E-state index contributed by atoms with van der Waals surface area (Å²) >= 11 is 23.8. The van der Waals surface area contributed by atoms with E-state index in [-0.39, 0.29) is 5.57 Å². The minimum atomic E-state index is -0.623. The lowest BCUT2D eigenvalue weighted by molar-refractivity contribution is -0.112. The van der Waals surface area contributed by atoms with Crippen LogP contribution in [0.3, 0.4) is 0 Å². The molecule has 0 radical (unpaired) electrons. The van der Waals surface area contributed by atoms with Crippen molar-refractivity contribution in [1.82, 2.24) is 0 Å². The Balaban J connectivity index is 2.32. The van der Waals surface area contributed by atoms with Crippen molar-refractivity contribution in [2.45, 2.75) is 0 Å². The van der Waals surface area contributed by atoms with Gasteiger partial charge in [-0.05, 0) is 36.4 Å². The van der Waals surface area contributed by atoms with Crippen LogP contribution < -0.4 is 5.32 Å². The maximum absolute atomic E-state index is 12.2. The van der Waals surface area contributed by atoms with Crippen LogP contribution in [0.5, 0.6) is 0 Å². The van der Waals surface area contributed by atoms with Crippen molar-refractivity contribution in [3.63, 3.8) is 0 Å². The van der Waals surface area contributed by atoms with Crippen LogP contribution in [0.4, 0.5) is 5.69 Å². The number of carbonyl (C=O) groups excluding carboxylic acids is 1. The van der Waals surface area contributed by atoms with Crippen LogP contribution in [0, 0.1) is 11.3 Å². The van der Waals surface area contributed by atoms with E-state index in [2.05, 4.69) is 5.32 Å². The van der Waals surface area contributed by atoms with Crippen LogP contribution in [0.2, 0.25) is 20.1 Å². The van der Waals surface area contributed by atoms with Gasteiger partial charge >= 0.3 is 0 Å². The predicted molar refractivity (Wildman–Crippen MR) is 95.1 cm³/mol. The maximum atomic E-state index is 12.2. The molecule has 23 heavy (non-hydrogen) atoms. The van der Waals surface area contributed by atoms with Crippen molar-refractivity contribution in [2.75, 3.05) is 5.32 Å². The molecule has 0 saturated heterocycles. The molecule has 3 nitrogen and oxygen atoms in total. The summed E-state index contributed by atoms with van der Waals surface area (Å²) in [7, 11) is 0. The van der Waals surface area contributed by atoms with Gasteiger partial charge in [0, 0.05) is 31.3 Å². The first-order valence-electron chi connectivity index (χ1n) is 6.24. The molecule has 0 aliphatic rings. The van der Waals surface area contributed by atoms with Crippen molar-refractivity contribution in [3.8, 4) is 6.07 Å². The normalized spacial score (nSPS) is 11.0. The van der Waals surface area contributed by atoms with Gasteiger partial charge in [0.1, 0.15) is 11.6 Å². The molecule has 0 heterocycles. The van der Waals surface area contributed by atoms with Gasteiger partial charge in [-0.15, -0.1) is 0 Å². The first-order chi connectivity index (χ1) is 10.9. The molecule has 1 amide bonds. The Kier molecular flexibility index (Phi) is 5.92. The Morgan fingerprint density at radius 2 is 1.61 bits per heavy atom. The number of amides is 1. The van der Waals surface area contributed by atoms with Crippen LogP contribution in [-0.2, 0) is 4.79 Å². The minimum absolute atomic E-state index is 0.156. The lowest BCUT2D eigenvalue weighted by Crippen LogP contribution is -2.13. The number of rotatable bonds is 3. The number of nitrogens with one attached hydrogen (secondary N) is 1. The molecule has 2 aromatic rings. The fourth-order valence-electron chi connectivity index (χ4n) is 1.77. The first-order valence-corrected chi connectivity index (χ1v) is 7.75. The molecule has 0 aliphatic heterocycles. The molecule has 0 aromatic heterocycles. The van der Waals surface area contributed by atoms with Crippen molar-refractivity contribution in [2.24, 2.45) is 0 Å². The zero-order valence-corrected chi connectivity index (χ0v) is 14.4. The maximum Gasteiger partial charge on any atom is 0.266 e. The first kappa shape index (κ1) is 17.7. The van der Waals surface area contributed by atoms with Crippen LogP contribution in [0.1, 0.15) is 5.56 Å². The molecule has 7 heteroatoms. The zero-order valence-electron chi connectivity index (χ0n) is 11.4.